The van der Waals surface area contributed by atoms with E-state index < -0.39 is 0 Å². The number of fused-ring (bicyclic) bond motifs is 6. The Bertz CT molecular complexity index is 2520. The second kappa shape index (κ2) is 11.7. The molecule has 0 bridgehead atoms. The Kier molecular flexibility index (Phi) is 6.76. The van der Waals surface area contributed by atoms with Crippen LogP contribution in [0.1, 0.15) is 0 Å². The number of hydrogen-bond donors (Lipinski definition) is 0. The summed E-state index contributed by atoms with van der Waals surface area (Å²) in [5.74, 6) is 0. The maximum Gasteiger partial charge on any atom is 0.0717 e. The van der Waals surface area contributed by atoms with Crippen LogP contribution in [0.4, 0.5) is 0 Å². The molecule has 0 saturated heterocycles. The van der Waals surface area contributed by atoms with Gasteiger partial charge in [-0.15, -0.1) is 0 Å². The Morgan fingerprint density at radius 2 is 0.708 bits per heavy atom. The van der Waals surface area contributed by atoms with E-state index in [0.29, 0.717) is 0 Å². The smallest absolute Gasteiger partial charge is 0.0717 e. The average Bonchev–Trinajstić information content (AvgIpc) is 3.18. The lowest BCUT2D eigenvalue weighted by Crippen LogP contribution is -1.94. The Morgan fingerprint density at radius 1 is 0.250 bits per heavy atom. The molecule has 9 rings (SSSR count). The van der Waals surface area contributed by atoms with Crippen LogP contribution in [0.2, 0.25) is 0 Å². The molecule has 0 aliphatic carbocycles. The van der Waals surface area contributed by atoms with Crippen molar-refractivity contribution in [1.29, 1.82) is 0 Å². The summed E-state index contributed by atoms with van der Waals surface area (Å²) >= 11 is 0. The molecule has 0 spiro atoms. The van der Waals surface area contributed by atoms with E-state index in [9.17, 15) is 0 Å². The highest BCUT2D eigenvalue weighted by Gasteiger charge is 2.13. The van der Waals surface area contributed by atoms with Crippen LogP contribution in [0, 0.1) is 0 Å². The molecular formula is C44H28N4. The lowest BCUT2D eigenvalue weighted by molar-refractivity contribution is 1.26. The fraction of sp³-hybridized carbons (Fsp3) is 0. The van der Waals surface area contributed by atoms with E-state index in [2.05, 4.69) is 131 Å². The molecule has 0 saturated carbocycles. The first-order valence-corrected chi connectivity index (χ1v) is 16.0. The van der Waals surface area contributed by atoms with Gasteiger partial charge >= 0.3 is 0 Å². The fourth-order valence-corrected chi connectivity index (χ4v) is 6.72. The number of nitrogens with zero attached hydrogens (tertiary/aromatic N) is 4. The lowest BCUT2D eigenvalue weighted by Gasteiger charge is -2.13. The van der Waals surface area contributed by atoms with Gasteiger partial charge in [-0.3, -0.25) is 9.97 Å². The van der Waals surface area contributed by atoms with Crippen LogP contribution in [0.5, 0.6) is 0 Å². The minimum absolute atomic E-state index is 0.868. The topological polar surface area (TPSA) is 51.6 Å². The molecule has 0 aliphatic heterocycles. The summed E-state index contributed by atoms with van der Waals surface area (Å²) < 4.78 is 0. The molecule has 0 unspecified atom stereocenters. The number of rotatable bonds is 5. The molecule has 0 aliphatic rings. The van der Waals surface area contributed by atoms with Gasteiger partial charge in [0.05, 0.1) is 22.8 Å². The van der Waals surface area contributed by atoms with Crippen molar-refractivity contribution in [3.8, 4) is 56.2 Å². The van der Waals surface area contributed by atoms with E-state index in [0.717, 1.165) is 50.6 Å². The molecule has 0 N–H and O–H groups in total. The standard InChI is InChI=1S/C44H28N4/c1-2-11-37-35(9-1)36-10-3-4-12-38(36)40-26-32(15-16-39(37)40)31-7-5-8-33(25-31)41-13-6-14-42(47-41)34-27-43(29-17-21-45-22-18-29)48-44(28-34)30-19-23-46-24-20-30/h1-28H. The van der Waals surface area contributed by atoms with Gasteiger partial charge in [-0.25, -0.2) is 9.97 Å². The van der Waals surface area contributed by atoms with Crippen molar-refractivity contribution >= 4 is 32.3 Å². The van der Waals surface area contributed by atoms with Crippen molar-refractivity contribution in [3.63, 3.8) is 0 Å². The van der Waals surface area contributed by atoms with E-state index >= 15 is 0 Å². The van der Waals surface area contributed by atoms with Crippen LogP contribution in [0.3, 0.4) is 0 Å². The van der Waals surface area contributed by atoms with Crippen molar-refractivity contribution in [3.05, 3.63) is 170 Å². The third-order valence-corrected chi connectivity index (χ3v) is 9.06. The van der Waals surface area contributed by atoms with Gasteiger partial charge in [0.25, 0.3) is 0 Å². The van der Waals surface area contributed by atoms with Gasteiger partial charge in [-0.2, -0.15) is 0 Å². The molecule has 48 heavy (non-hydrogen) atoms. The fourth-order valence-electron chi connectivity index (χ4n) is 6.72. The van der Waals surface area contributed by atoms with Crippen molar-refractivity contribution < 1.29 is 0 Å². The van der Waals surface area contributed by atoms with E-state index in [1.165, 1.54) is 37.9 Å². The zero-order valence-corrected chi connectivity index (χ0v) is 26.0. The van der Waals surface area contributed by atoms with Crippen molar-refractivity contribution in [2.75, 3.05) is 0 Å². The summed E-state index contributed by atoms with van der Waals surface area (Å²) in [6, 6.07) is 51.3. The highest BCUT2D eigenvalue weighted by atomic mass is 14.7. The molecule has 4 aromatic heterocycles. The maximum absolute atomic E-state index is 5.19. The Labute approximate surface area is 278 Å². The van der Waals surface area contributed by atoms with Crippen LogP contribution in [0.25, 0.3) is 88.5 Å². The van der Waals surface area contributed by atoms with E-state index in [1.54, 1.807) is 24.8 Å². The molecule has 224 valence electrons. The molecule has 0 fully saturated rings. The lowest BCUT2D eigenvalue weighted by atomic mass is 9.91. The Balaban J connectivity index is 1.14. The zero-order chi connectivity index (χ0) is 31.9. The van der Waals surface area contributed by atoms with Gasteiger partial charge in [-0.05, 0) is 104 Å². The minimum Gasteiger partial charge on any atom is -0.265 e. The van der Waals surface area contributed by atoms with Crippen molar-refractivity contribution in [2.24, 2.45) is 0 Å². The summed E-state index contributed by atoms with van der Waals surface area (Å²) in [7, 11) is 0. The van der Waals surface area contributed by atoms with Gasteiger partial charge in [0.2, 0.25) is 0 Å². The monoisotopic (exact) mass is 612 g/mol. The van der Waals surface area contributed by atoms with Crippen LogP contribution >= 0.6 is 0 Å². The highest BCUT2D eigenvalue weighted by Crippen LogP contribution is 2.38. The van der Waals surface area contributed by atoms with Gasteiger partial charge in [0, 0.05) is 47.0 Å². The van der Waals surface area contributed by atoms with Crippen molar-refractivity contribution in [1.82, 2.24) is 19.9 Å². The number of aromatic nitrogens is 4. The summed E-state index contributed by atoms with van der Waals surface area (Å²) in [6.45, 7) is 0. The zero-order valence-electron chi connectivity index (χ0n) is 26.0. The molecule has 4 heteroatoms. The second-order valence-electron chi connectivity index (χ2n) is 11.9. The molecule has 5 aromatic carbocycles. The highest BCUT2D eigenvalue weighted by molar-refractivity contribution is 6.25. The first-order chi connectivity index (χ1) is 23.8. The molecule has 9 aromatic rings. The van der Waals surface area contributed by atoms with Gasteiger partial charge < -0.3 is 0 Å². The number of benzene rings is 5. The van der Waals surface area contributed by atoms with E-state index in [1.807, 2.05) is 24.3 Å². The molecule has 4 heterocycles. The molecule has 4 nitrogen and oxygen atoms in total. The van der Waals surface area contributed by atoms with Crippen LogP contribution in [-0.2, 0) is 0 Å². The summed E-state index contributed by atoms with van der Waals surface area (Å²) in [5.41, 5.74) is 9.94. The number of hydrogen-bond acceptors (Lipinski definition) is 4. The Hall–Kier alpha value is -6.52. The van der Waals surface area contributed by atoms with E-state index in [4.69, 9.17) is 9.97 Å². The number of pyridine rings is 4. The summed E-state index contributed by atoms with van der Waals surface area (Å²) in [4.78, 5) is 18.6. The average molecular weight is 613 g/mol. The van der Waals surface area contributed by atoms with E-state index in [-0.39, 0.29) is 0 Å². The maximum atomic E-state index is 5.19. The van der Waals surface area contributed by atoms with Gasteiger partial charge in [-0.1, -0.05) is 84.9 Å². The van der Waals surface area contributed by atoms with Crippen LogP contribution < -0.4 is 0 Å². The van der Waals surface area contributed by atoms with Gasteiger partial charge in [0.15, 0.2) is 0 Å². The van der Waals surface area contributed by atoms with Crippen LogP contribution in [-0.4, -0.2) is 19.9 Å². The normalized spacial score (nSPS) is 11.3. The first kappa shape index (κ1) is 27.8. The molecule has 0 radical (unpaired) electrons. The van der Waals surface area contributed by atoms with Crippen LogP contribution in [0.15, 0.2) is 170 Å². The third-order valence-electron chi connectivity index (χ3n) is 9.06. The second-order valence-corrected chi connectivity index (χ2v) is 11.9. The molecule has 0 amide bonds. The third kappa shape index (κ3) is 4.97. The molecule has 0 atom stereocenters. The van der Waals surface area contributed by atoms with Crippen molar-refractivity contribution in [2.45, 2.75) is 0 Å². The Morgan fingerprint density at radius 3 is 1.31 bits per heavy atom. The largest absolute Gasteiger partial charge is 0.265 e. The predicted molar refractivity (Wildman–Crippen MR) is 197 cm³/mol. The SMILES string of the molecule is c1cc(-c2ccc3c4ccccc4c4ccccc4c3c2)cc(-c2cccc(-c3cc(-c4ccncc4)nc(-c4ccncc4)c3)n2)c1. The quantitative estimate of drug-likeness (QED) is 0.181. The summed E-state index contributed by atoms with van der Waals surface area (Å²) in [5, 5.41) is 7.66. The van der Waals surface area contributed by atoms with Gasteiger partial charge in [0.1, 0.15) is 0 Å². The predicted octanol–water partition coefficient (Wildman–Crippen LogP) is 11.1. The summed E-state index contributed by atoms with van der Waals surface area (Å²) in [6.07, 6.45) is 7.17. The first-order valence-electron chi connectivity index (χ1n) is 16.0. The molecular weight excluding hydrogens is 585 g/mol. The minimum atomic E-state index is 0.868.